The number of hydrogen-bond acceptors (Lipinski definition) is 4. The molecule has 2 N–H and O–H groups in total. The Morgan fingerprint density at radius 1 is 1.59 bits per heavy atom. The van der Waals surface area contributed by atoms with Crippen LogP contribution in [0, 0.1) is 3.70 Å². The van der Waals surface area contributed by atoms with Gasteiger partial charge in [-0.3, -0.25) is 9.59 Å². The molecule has 0 fully saturated rings. The minimum atomic E-state index is -1.31. The number of aliphatic hydroxyl groups is 1. The zero-order valence-corrected chi connectivity index (χ0v) is 11.4. The maximum Gasteiger partial charge on any atom is 0.309 e. The Bertz CT molecular complexity index is 525. The Morgan fingerprint density at radius 3 is 2.94 bits per heavy atom. The molecule has 0 bridgehead atoms. The highest BCUT2D eigenvalue weighted by Crippen LogP contribution is 2.33. The van der Waals surface area contributed by atoms with E-state index in [9.17, 15) is 14.7 Å². The number of aromatic amines is 1. The summed E-state index contributed by atoms with van der Waals surface area (Å²) in [5.41, 5.74) is -0.787. The van der Waals surface area contributed by atoms with Crippen molar-refractivity contribution in [2.24, 2.45) is 0 Å². The average Bonchev–Trinajstić information content (AvgIpc) is 2.38. The first-order chi connectivity index (χ1) is 7.96. The van der Waals surface area contributed by atoms with E-state index in [2.05, 4.69) is 4.98 Å². The zero-order chi connectivity index (χ0) is 12.6. The summed E-state index contributed by atoms with van der Waals surface area (Å²) in [6.45, 7) is 1.69. The molecule has 0 saturated carbocycles. The van der Waals surface area contributed by atoms with Crippen molar-refractivity contribution >= 4 is 28.6 Å². The van der Waals surface area contributed by atoms with Crippen LogP contribution in [0.5, 0.6) is 0 Å². The largest absolute Gasteiger partial charge is 0.460 e. The number of halogens is 1. The fraction of sp³-hybridized carbons (Fsp3) is 0.455. The molecule has 1 aromatic rings. The number of aromatic nitrogens is 1. The van der Waals surface area contributed by atoms with Gasteiger partial charge in [0.1, 0.15) is 12.2 Å². The Kier molecular flexibility index (Phi) is 3.26. The van der Waals surface area contributed by atoms with Gasteiger partial charge >= 0.3 is 5.97 Å². The number of carbonyl (C=O) groups excluding carboxylic acids is 1. The number of hydrogen-bond donors (Lipinski definition) is 2. The first-order valence-electron chi connectivity index (χ1n) is 5.26. The lowest BCUT2D eigenvalue weighted by atomic mass is 9.86. The summed E-state index contributed by atoms with van der Waals surface area (Å²) in [7, 11) is 0. The highest BCUT2D eigenvalue weighted by Gasteiger charge is 2.37. The molecule has 1 aromatic heterocycles. The van der Waals surface area contributed by atoms with Gasteiger partial charge in [0.05, 0.1) is 15.7 Å². The summed E-state index contributed by atoms with van der Waals surface area (Å²) < 4.78 is 5.56. The number of fused-ring (bicyclic) bond motifs is 1. The molecule has 1 aliphatic heterocycles. The maximum atomic E-state index is 11.8. The van der Waals surface area contributed by atoms with Crippen molar-refractivity contribution in [3.63, 3.8) is 0 Å². The monoisotopic (exact) mass is 349 g/mol. The molecule has 2 heterocycles. The van der Waals surface area contributed by atoms with Crippen LogP contribution in [0.3, 0.4) is 0 Å². The second-order valence-electron chi connectivity index (χ2n) is 4.06. The number of esters is 1. The number of ether oxygens (including phenoxy) is 1. The predicted octanol–water partition coefficient (Wildman–Crippen LogP) is 1.02. The fourth-order valence-electron chi connectivity index (χ4n) is 1.97. The topological polar surface area (TPSA) is 79.4 Å². The molecule has 6 heteroatoms. The Labute approximate surface area is 111 Å². The summed E-state index contributed by atoms with van der Waals surface area (Å²) in [4.78, 5) is 25.8. The number of pyridine rings is 1. The molecule has 2 rings (SSSR count). The Hall–Kier alpha value is -0.890. The number of cyclic esters (lactones) is 1. The van der Waals surface area contributed by atoms with Gasteiger partial charge in [0.15, 0.2) is 0 Å². The van der Waals surface area contributed by atoms with E-state index in [4.69, 9.17) is 4.74 Å². The maximum absolute atomic E-state index is 11.8. The molecule has 1 aliphatic rings. The van der Waals surface area contributed by atoms with Gasteiger partial charge in [-0.15, -0.1) is 0 Å². The number of nitrogens with one attached hydrogen (secondary N) is 1. The Morgan fingerprint density at radius 2 is 2.29 bits per heavy atom. The van der Waals surface area contributed by atoms with Gasteiger partial charge in [-0.2, -0.15) is 0 Å². The van der Waals surface area contributed by atoms with E-state index >= 15 is 0 Å². The molecule has 5 nitrogen and oxygen atoms in total. The van der Waals surface area contributed by atoms with Crippen LogP contribution in [-0.4, -0.2) is 16.1 Å². The van der Waals surface area contributed by atoms with E-state index < -0.39 is 11.6 Å². The lowest BCUT2D eigenvalue weighted by molar-refractivity contribution is -0.149. The number of rotatable bonds is 1. The summed E-state index contributed by atoms with van der Waals surface area (Å²) in [5.74, 6) is -0.486. The third-order valence-corrected chi connectivity index (χ3v) is 3.58. The van der Waals surface area contributed by atoms with Crippen molar-refractivity contribution < 1.29 is 14.6 Å². The molecule has 0 spiro atoms. The Balaban J connectivity index is 2.68. The summed E-state index contributed by atoms with van der Waals surface area (Å²) in [6.07, 6.45) is 0.241. The van der Waals surface area contributed by atoms with E-state index in [0.717, 1.165) is 0 Å². The summed E-state index contributed by atoms with van der Waals surface area (Å²) >= 11 is 1.97. The van der Waals surface area contributed by atoms with Gasteiger partial charge in [0, 0.05) is 0 Å². The van der Waals surface area contributed by atoms with Gasteiger partial charge < -0.3 is 14.8 Å². The first-order valence-corrected chi connectivity index (χ1v) is 6.34. The minimum Gasteiger partial charge on any atom is -0.460 e. The average molecular weight is 349 g/mol. The van der Waals surface area contributed by atoms with Crippen LogP contribution >= 0.6 is 22.6 Å². The van der Waals surface area contributed by atoms with Gasteiger partial charge in [0.2, 0.25) is 0 Å². The fourth-order valence-corrected chi connectivity index (χ4v) is 2.52. The predicted molar refractivity (Wildman–Crippen MR) is 68.4 cm³/mol. The van der Waals surface area contributed by atoms with Crippen molar-refractivity contribution in [3.05, 3.63) is 31.2 Å². The molecule has 92 valence electrons. The molecular weight excluding hydrogens is 337 g/mol. The number of H-pyrrole nitrogens is 1. The van der Waals surface area contributed by atoms with Crippen molar-refractivity contribution in [2.75, 3.05) is 0 Å². The third-order valence-electron chi connectivity index (χ3n) is 3.00. The second kappa shape index (κ2) is 4.41. The van der Waals surface area contributed by atoms with Gasteiger partial charge in [-0.1, -0.05) is 6.92 Å². The molecular formula is C11H12INO4. The molecule has 17 heavy (non-hydrogen) atoms. The molecule has 0 radical (unpaired) electrons. The van der Waals surface area contributed by atoms with Crippen LogP contribution < -0.4 is 5.56 Å². The lowest BCUT2D eigenvalue weighted by Gasteiger charge is -2.25. The first kappa shape index (κ1) is 12.6. The molecule has 0 amide bonds. The van der Waals surface area contributed by atoms with Gasteiger partial charge in [0.25, 0.3) is 5.56 Å². The van der Waals surface area contributed by atoms with E-state index in [1.54, 1.807) is 13.0 Å². The molecule has 0 saturated heterocycles. The smallest absolute Gasteiger partial charge is 0.309 e. The number of carbonyl (C=O) groups is 1. The van der Waals surface area contributed by atoms with E-state index in [-0.39, 0.29) is 18.6 Å². The van der Waals surface area contributed by atoms with Gasteiger partial charge in [-0.05, 0) is 40.6 Å². The van der Waals surface area contributed by atoms with Crippen molar-refractivity contribution in [1.29, 1.82) is 0 Å². The molecule has 0 unspecified atom stereocenters. The van der Waals surface area contributed by atoms with Crippen LogP contribution in [0.25, 0.3) is 0 Å². The van der Waals surface area contributed by atoms with Crippen molar-refractivity contribution in [3.8, 4) is 0 Å². The molecule has 0 aliphatic carbocycles. The van der Waals surface area contributed by atoms with Crippen molar-refractivity contribution in [2.45, 2.75) is 32.0 Å². The normalized spacial score (nSPS) is 23.8. The van der Waals surface area contributed by atoms with Gasteiger partial charge in [-0.25, -0.2) is 0 Å². The van der Waals surface area contributed by atoms with Crippen molar-refractivity contribution in [1.82, 2.24) is 4.98 Å². The molecule has 1 atom stereocenters. The minimum absolute atomic E-state index is 0.0806. The van der Waals surface area contributed by atoms with Crippen LogP contribution in [0.2, 0.25) is 0 Å². The summed E-state index contributed by atoms with van der Waals surface area (Å²) in [6, 6.07) is 1.70. The van der Waals surface area contributed by atoms with E-state index in [0.29, 0.717) is 21.2 Å². The van der Waals surface area contributed by atoms with E-state index in [1.165, 1.54) is 0 Å². The standard InChI is InChI=1S/C11H12INO4/c1-2-11(16)4-9(14)17-5-6-7(11)3-8(12)13-10(6)15/h3,16H,2,4-5H2,1H3,(H,13,15)/t11-/m0/s1. The third kappa shape index (κ3) is 2.23. The highest BCUT2D eigenvalue weighted by atomic mass is 127. The second-order valence-corrected chi connectivity index (χ2v) is 5.22. The molecule has 0 aromatic carbocycles. The van der Waals surface area contributed by atoms with Crippen LogP contribution in [0.1, 0.15) is 30.9 Å². The van der Waals surface area contributed by atoms with Crippen LogP contribution in [-0.2, 0) is 21.7 Å². The van der Waals surface area contributed by atoms with Crippen LogP contribution in [0.4, 0.5) is 0 Å². The SMILES string of the molecule is CC[C@]1(O)CC(=O)OCc2c1cc(I)[nH]c2=O. The quantitative estimate of drug-likeness (QED) is 0.451. The highest BCUT2D eigenvalue weighted by molar-refractivity contribution is 14.1. The van der Waals surface area contributed by atoms with Crippen LogP contribution in [0.15, 0.2) is 10.9 Å². The zero-order valence-electron chi connectivity index (χ0n) is 9.25. The summed E-state index contributed by atoms with van der Waals surface area (Å²) in [5, 5.41) is 10.5. The lowest BCUT2D eigenvalue weighted by Crippen LogP contribution is -2.30. The van der Waals surface area contributed by atoms with E-state index in [1.807, 2.05) is 22.6 Å².